The second-order valence-electron chi connectivity index (χ2n) is 8.63. The fraction of sp³-hybridized carbons (Fsp3) is 0.100. The molecule has 0 saturated heterocycles. The van der Waals surface area contributed by atoms with Gasteiger partial charge in [0.2, 0.25) is 5.78 Å². The summed E-state index contributed by atoms with van der Waals surface area (Å²) in [5, 5.41) is 11.1. The van der Waals surface area contributed by atoms with Gasteiger partial charge in [-0.1, -0.05) is 60.7 Å². The van der Waals surface area contributed by atoms with Gasteiger partial charge < -0.3 is 9.47 Å². The first-order valence-corrected chi connectivity index (χ1v) is 11.9. The Balaban J connectivity index is 1.48. The molecule has 0 amide bonds. The zero-order valence-electron chi connectivity index (χ0n) is 20.3. The molecule has 1 unspecified atom stereocenters. The number of carbonyl (C=O) groups excluding carboxylic acids is 1. The van der Waals surface area contributed by atoms with E-state index in [-0.39, 0.29) is 17.2 Å². The molecule has 0 aliphatic carbocycles. The quantitative estimate of drug-likeness (QED) is 0.152. The Kier molecular flexibility index (Phi) is 7.04. The van der Waals surface area contributed by atoms with Crippen LogP contribution in [0.2, 0.25) is 0 Å². The number of ether oxygens (including phenoxy) is 2. The van der Waals surface area contributed by atoms with Gasteiger partial charge in [0.1, 0.15) is 30.9 Å². The summed E-state index contributed by atoms with van der Waals surface area (Å²) in [4.78, 5) is 33.2. The third-order valence-electron chi connectivity index (χ3n) is 6.04. The van der Waals surface area contributed by atoms with Crippen LogP contribution in [-0.4, -0.2) is 21.9 Å². The Hall–Kier alpha value is -5.11. The fourth-order valence-electron chi connectivity index (χ4n) is 4.08. The highest BCUT2D eigenvalue weighted by Crippen LogP contribution is 2.36. The molecule has 8 heteroatoms. The molecule has 2 heterocycles. The number of aromatic nitrogens is 1. The monoisotopic (exact) mass is 505 g/mol. The maximum atomic E-state index is 14.0. The Morgan fingerprint density at radius 3 is 1.92 bits per heavy atom. The summed E-state index contributed by atoms with van der Waals surface area (Å²) in [7, 11) is 0. The molecule has 0 bridgehead atoms. The summed E-state index contributed by atoms with van der Waals surface area (Å²) in [6, 6.07) is 27.2. The average Bonchev–Trinajstić information content (AvgIpc) is 3.47. The van der Waals surface area contributed by atoms with Crippen molar-refractivity contribution in [3.05, 3.63) is 142 Å². The summed E-state index contributed by atoms with van der Waals surface area (Å²) in [5.41, 5.74) is 0.916. The van der Waals surface area contributed by atoms with Crippen LogP contribution in [0.1, 0.15) is 27.2 Å². The number of hydrogen-bond donors (Lipinski definition) is 0. The number of carbonyl (C=O) groups is 1. The fourth-order valence-corrected chi connectivity index (χ4v) is 4.08. The molecule has 0 spiro atoms. The van der Waals surface area contributed by atoms with E-state index in [4.69, 9.17) is 9.47 Å². The van der Waals surface area contributed by atoms with Gasteiger partial charge in [0.05, 0.1) is 10.6 Å². The molecule has 1 aromatic heterocycles. The number of nitro groups is 1. The largest absolute Gasteiger partial charge is 0.489 e. The van der Waals surface area contributed by atoms with E-state index in [9.17, 15) is 14.9 Å². The topological polar surface area (TPSA) is 104 Å². The number of ketones is 1. The highest BCUT2D eigenvalue weighted by atomic mass is 16.6. The number of rotatable bonds is 10. The average molecular weight is 506 g/mol. The molecular formula is C30H23N3O5. The van der Waals surface area contributed by atoms with Crippen molar-refractivity contribution in [2.75, 3.05) is 0 Å². The van der Waals surface area contributed by atoms with Gasteiger partial charge in [0.25, 0.3) is 5.69 Å². The van der Waals surface area contributed by atoms with Crippen LogP contribution < -0.4 is 9.47 Å². The predicted molar refractivity (Wildman–Crippen MR) is 143 cm³/mol. The third kappa shape index (κ3) is 5.34. The van der Waals surface area contributed by atoms with Crippen LogP contribution >= 0.6 is 0 Å². The lowest BCUT2D eigenvalue weighted by atomic mass is 9.86. The van der Waals surface area contributed by atoms with Crippen LogP contribution in [0, 0.1) is 10.1 Å². The van der Waals surface area contributed by atoms with E-state index in [0.29, 0.717) is 30.3 Å². The SMILES string of the molecule is O=C(c1cc(OCc2ccccc2)cc(OCc2ccccc2)c1)C1(c2ccc([N+](=O)[O-])cn2)C=CC=N1. The number of nitrogens with zero attached hydrogens (tertiary/aromatic N) is 3. The Morgan fingerprint density at radius 1 is 0.842 bits per heavy atom. The van der Waals surface area contributed by atoms with E-state index >= 15 is 0 Å². The standard InChI is InChI=1S/C30H23N3O5/c34-29(30(14-7-15-32-30)28-13-12-25(19-31-28)33(35)36)24-16-26(37-20-22-8-3-1-4-9-22)18-27(17-24)38-21-23-10-5-2-6-11-23/h1-19H,20-21H2. The van der Waals surface area contributed by atoms with Gasteiger partial charge in [-0.2, -0.15) is 0 Å². The maximum absolute atomic E-state index is 14.0. The zero-order valence-corrected chi connectivity index (χ0v) is 20.3. The first-order valence-electron chi connectivity index (χ1n) is 11.9. The summed E-state index contributed by atoms with van der Waals surface area (Å²) in [5.74, 6) is 0.555. The molecule has 0 radical (unpaired) electrons. The molecular weight excluding hydrogens is 482 g/mol. The van der Waals surface area contributed by atoms with Crippen LogP contribution in [0.4, 0.5) is 5.69 Å². The smallest absolute Gasteiger partial charge is 0.287 e. The van der Waals surface area contributed by atoms with E-state index in [2.05, 4.69) is 9.98 Å². The summed E-state index contributed by atoms with van der Waals surface area (Å²) < 4.78 is 12.1. The number of Topliss-reactive ketones (excluding diaryl/α,β-unsaturated/α-hetero) is 1. The number of pyridine rings is 1. The number of aliphatic imine (C=N–C) groups is 1. The molecule has 188 valence electrons. The molecule has 8 nitrogen and oxygen atoms in total. The van der Waals surface area contributed by atoms with Crippen molar-refractivity contribution in [2.24, 2.45) is 4.99 Å². The van der Waals surface area contributed by atoms with Crippen LogP contribution in [0.5, 0.6) is 11.5 Å². The lowest BCUT2D eigenvalue weighted by Gasteiger charge is -2.23. The predicted octanol–water partition coefficient (Wildman–Crippen LogP) is 5.87. The summed E-state index contributed by atoms with van der Waals surface area (Å²) >= 11 is 0. The zero-order chi connectivity index (χ0) is 26.4. The van der Waals surface area contributed by atoms with Crippen molar-refractivity contribution >= 4 is 17.7 Å². The van der Waals surface area contributed by atoms with Crippen LogP contribution in [0.3, 0.4) is 0 Å². The minimum absolute atomic E-state index is 0.171. The number of hydrogen-bond acceptors (Lipinski definition) is 7. The normalized spacial score (nSPS) is 15.8. The van der Waals surface area contributed by atoms with Crippen LogP contribution in [0.25, 0.3) is 0 Å². The minimum Gasteiger partial charge on any atom is -0.489 e. The molecule has 38 heavy (non-hydrogen) atoms. The van der Waals surface area contributed by atoms with E-state index in [1.165, 1.54) is 18.3 Å². The van der Waals surface area contributed by atoms with E-state index < -0.39 is 10.5 Å². The number of benzene rings is 3. The molecule has 1 aliphatic heterocycles. The van der Waals surface area contributed by atoms with Gasteiger partial charge in [-0.15, -0.1) is 0 Å². The summed E-state index contributed by atoms with van der Waals surface area (Å²) in [6.07, 6.45) is 5.93. The molecule has 0 saturated carbocycles. The van der Waals surface area contributed by atoms with Crippen LogP contribution in [-0.2, 0) is 18.8 Å². The van der Waals surface area contributed by atoms with E-state index in [1.807, 2.05) is 60.7 Å². The lowest BCUT2D eigenvalue weighted by Crippen LogP contribution is -2.32. The lowest BCUT2D eigenvalue weighted by molar-refractivity contribution is -0.385. The molecule has 1 aliphatic rings. The van der Waals surface area contributed by atoms with E-state index in [0.717, 1.165) is 17.3 Å². The second kappa shape index (κ2) is 10.9. The first-order chi connectivity index (χ1) is 18.5. The maximum Gasteiger partial charge on any atom is 0.287 e. The number of allylic oxidation sites excluding steroid dienone is 1. The van der Waals surface area contributed by atoms with Crippen molar-refractivity contribution in [3.63, 3.8) is 0 Å². The molecule has 1 atom stereocenters. The Bertz CT molecular complexity index is 1430. The van der Waals surface area contributed by atoms with Crippen molar-refractivity contribution in [1.29, 1.82) is 0 Å². The van der Waals surface area contributed by atoms with Gasteiger partial charge >= 0.3 is 0 Å². The van der Waals surface area contributed by atoms with Gasteiger partial charge in [0.15, 0.2) is 5.54 Å². The third-order valence-corrected chi connectivity index (χ3v) is 6.04. The molecule has 4 aromatic rings. The molecule has 5 rings (SSSR count). The van der Waals surface area contributed by atoms with Crippen molar-refractivity contribution in [3.8, 4) is 11.5 Å². The van der Waals surface area contributed by atoms with Gasteiger partial charge in [0, 0.05) is 23.9 Å². The second-order valence-corrected chi connectivity index (χ2v) is 8.63. The van der Waals surface area contributed by atoms with Gasteiger partial charge in [-0.05, 0) is 41.5 Å². The highest BCUT2D eigenvalue weighted by Gasteiger charge is 2.41. The van der Waals surface area contributed by atoms with Gasteiger partial charge in [-0.25, -0.2) is 0 Å². The van der Waals surface area contributed by atoms with E-state index in [1.54, 1.807) is 30.4 Å². The van der Waals surface area contributed by atoms with Gasteiger partial charge in [-0.3, -0.25) is 24.9 Å². The molecule has 0 N–H and O–H groups in total. The molecule has 3 aromatic carbocycles. The van der Waals surface area contributed by atoms with Crippen molar-refractivity contribution in [1.82, 2.24) is 4.98 Å². The Labute approximate surface area is 219 Å². The molecule has 0 fully saturated rings. The highest BCUT2D eigenvalue weighted by molar-refractivity contribution is 6.08. The minimum atomic E-state index is -1.45. The van der Waals surface area contributed by atoms with Crippen LogP contribution in [0.15, 0.2) is 114 Å². The van der Waals surface area contributed by atoms with Crippen molar-refractivity contribution in [2.45, 2.75) is 18.8 Å². The summed E-state index contributed by atoms with van der Waals surface area (Å²) in [6.45, 7) is 0.618. The first kappa shape index (κ1) is 24.6. The van der Waals surface area contributed by atoms with Crippen molar-refractivity contribution < 1.29 is 19.2 Å². The Morgan fingerprint density at radius 2 is 1.45 bits per heavy atom.